The van der Waals surface area contributed by atoms with Crippen LogP contribution in [0.15, 0.2) is 34.5 Å². The maximum atomic E-state index is 10.5. The van der Waals surface area contributed by atoms with Crippen LogP contribution in [0.1, 0.15) is 5.56 Å². The number of hydrogen-bond acceptors (Lipinski definition) is 5. The van der Waals surface area contributed by atoms with E-state index in [4.69, 9.17) is 5.73 Å². The molecule has 10 heteroatoms. The second-order valence-corrected chi connectivity index (χ2v) is 2.95. The fourth-order valence-corrected chi connectivity index (χ4v) is 1.00. The summed E-state index contributed by atoms with van der Waals surface area (Å²) in [5.41, 5.74) is 7.53. The predicted octanol–water partition coefficient (Wildman–Crippen LogP) is 0.0247. The first-order valence-electron chi connectivity index (χ1n) is 4.51. The second kappa shape index (κ2) is 5.89. The van der Waals surface area contributed by atoms with Gasteiger partial charge in [0.15, 0.2) is 5.03 Å². The fraction of sp³-hybridized carbons (Fsp3) is 0. The third kappa shape index (κ3) is 4.22. The summed E-state index contributed by atoms with van der Waals surface area (Å²) in [5, 5.41) is 25.7. The smallest absolute Gasteiger partial charge is 0.286 e. The summed E-state index contributed by atoms with van der Waals surface area (Å²) in [6, 6.07) is 5.66. The summed E-state index contributed by atoms with van der Waals surface area (Å²) in [5.74, 6) is -0.498. The zero-order chi connectivity index (χ0) is 13.5. The molecule has 0 amide bonds. The van der Waals surface area contributed by atoms with E-state index in [1.165, 1.54) is 24.4 Å². The van der Waals surface area contributed by atoms with Gasteiger partial charge in [0.05, 0.1) is 11.1 Å². The van der Waals surface area contributed by atoms with Gasteiger partial charge in [0.25, 0.3) is 11.6 Å². The summed E-state index contributed by atoms with van der Waals surface area (Å²) in [6.45, 7) is 0. The number of nitro benzene ring substituents is 1. The number of rotatable bonds is 4. The molecule has 10 nitrogen and oxygen atoms in total. The molecule has 0 heterocycles. The molecule has 0 unspecified atom stereocenters. The summed E-state index contributed by atoms with van der Waals surface area (Å²) in [7, 11) is 0. The molecule has 1 aromatic rings. The Labute approximate surface area is 100 Å². The topological polar surface area (TPSA) is 149 Å². The van der Waals surface area contributed by atoms with Crippen molar-refractivity contribution in [2.24, 2.45) is 15.9 Å². The van der Waals surface area contributed by atoms with Gasteiger partial charge in [-0.25, -0.2) is 15.5 Å². The molecule has 0 aliphatic rings. The second-order valence-electron chi connectivity index (χ2n) is 2.95. The number of hydrogen-bond donors (Lipinski definition) is 2. The van der Waals surface area contributed by atoms with Crippen LogP contribution in [0.5, 0.6) is 0 Å². The number of nitro groups is 2. The van der Waals surface area contributed by atoms with Gasteiger partial charge in [-0.05, 0) is 0 Å². The van der Waals surface area contributed by atoms with Crippen molar-refractivity contribution >= 4 is 17.9 Å². The summed E-state index contributed by atoms with van der Waals surface area (Å²) in [6.07, 6.45) is 1.22. The highest BCUT2D eigenvalue weighted by Crippen LogP contribution is 2.11. The molecule has 18 heavy (non-hydrogen) atoms. The normalized spacial score (nSPS) is 11.4. The molecule has 0 fully saturated rings. The Hall–Kier alpha value is -3.04. The molecular formula is C8H8N6O4. The summed E-state index contributed by atoms with van der Waals surface area (Å²) in [4.78, 5) is 19.9. The Morgan fingerprint density at radius 3 is 2.72 bits per heavy atom. The average Bonchev–Trinajstić information content (AvgIpc) is 2.28. The van der Waals surface area contributed by atoms with E-state index >= 15 is 0 Å². The van der Waals surface area contributed by atoms with Gasteiger partial charge in [0.1, 0.15) is 5.10 Å². The number of hydrazone groups is 2. The fourth-order valence-electron chi connectivity index (χ4n) is 1.00. The molecule has 0 aliphatic heterocycles. The van der Waals surface area contributed by atoms with Gasteiger partial charge in [-0.2, -0.15) is 5.10 Å². The minimum atomic E-state index is -0.981. The van der Waals surface area contributed by atoms with Gasteiger partial charge in [0.2, 0.25) is 0 Å². The van der Waals surface area contributed by atoms with Crippen LogP contribution in [-0.4, -0.2) is 22.1 Å². The van der Waals surface area contributed by atoms with Crippen LogP contribution >= 0.6 is 0 Å². The molecule has 1 aromatic carbocycles. The van der Waals surface area contributed by atoms with Crippen molar-refractivity contribution in [1.29, 1.82) is 0 Å². The molecule has 0 spiro atoms. The number of nitrogens with two attached hydrogens (primary N) is 1. The predicted molar refractivity (Wildman–Crippen MR) is 62.4 cm³/mol. The molecule has 0 radical (unpaired) electrons. The third-order valence-corrected chi connectivity index (χ3v) is 1.66. The molecule has 1 rings (SSSR count). The van der Waals surface area contributed by atoms with Crippen molar-refractivity contribution in [3.63, 3.8) is 0 Å². The van der Waals surface area contributed by atoms with Crippen molar-refractivity contribution in [3.05, 3.63) is 50.1 Å². The van der Waals surface area contributed by atoms with Crippen molar-refractivity contribution < 1.29 is 9.96 Å². The van der Waals surface area contributed by atoms with Crippen LogP contribution in [0.25, 0.3) is 0 Å². The van der Waals surface area contributed by atoms with Gasteiger partial charge in [0, 0.05) is 17.7 Å². The molecule has 0 aliphatic carbocycles. The van der Waals surface area contributed by atoms with Crippen LogP contribution < -0.4 is 11.2 Å². The first-order valence-corrected chi connectivity index (χ1v) is 4.51. The minimum Gasteiger partial charge on any atom is -0.363 e. The molecule has 0 atom stereocenters. The lowest BCUT2D eigenvalue weighted by Gasteiger charge is -1.95. The number of non-ortho nitro benzene ring substituents is 1. The van der Waals surface area contributed by atoms with Crippen molar-refractivity contribution in [1.82, 2.24) is 5.43 Å². The molecule has 94 valence electrons. The quantitative estimate of drug-likeness (QED) is 0.334. The van der Waals surface area contributed by atoms with Gasteiger partial charge in [-0.15, -0.1) is 0 Å². The summed E-state index contributed by atoms with van der Waals surface area (Å²) < 4.78 is 0. The molecule has 0 saturated carbocycles. The van der Waals surface area contributed by atoms with Crippen molar-refractivity contribution in [2.75, 3.05) is 0 Å². The van der Waals surface area contributed by atoms with Gasteiger partial charge >= 0.3 is 0 Å². The van der Waals surface area contributed by atoms with Gasteiger partial charge in [-0.1, -0.05) is 12.1 Å². The zero-order valence-electron chi connectivity index (χ0n) is 8.89. The third-order valence-electron chi connectivity index (χ3n) is 1.66. The standard InChI is InChI=1S/C8H8N6O4/c9-8(12-14(17)18)11-10-5-6-2-1-3-7(4-6)13(15)16/h1-5H,(H3,9,11,12)/b10-5-. The van der Waals surface area contributed by atoms with Crippen molar-refractivity contribution in [2.45, 2.75) is 0 Å². The number of nitrogens with one attached hydrogen (secondary N) is 1. The lowest BCUT2D eigenvalue weighted by Crippen LogP contribution is -2.28. The van der Waals surface area contributed by atoms with E-state index in [-0.39, 0.29) is 5.69 Å². The Morgan fingerprint density at radius 1 is 1.39 bits per heavy atom. The number of guanidine groups is 1. The maximum Gasteiger partial charge on any atom is 0.286 e. The lowest BCUT2D eigenvalue weighted by molar-refractivity contribution is -0.485. The van der Waals surface area contributed by atoms with E-state index in [9.17, 15) is 20.2 Å². The van der Waals surface area contributed by atoms with Crippen LogP contribution in [0.4, 0.5) is 5.69 Å². The molecule has 0 aromatic heterocycles. The molecule has 3 N–H and O–H groups in total. The Balaban J connectivity index is 2.70. The van der Waals surface area contributed by atoms with Crippen molar-refractivity contribution in [3.8, 4) is 0 Å². The molecule has 0 saturated heterocycles. The highest BCUT2D eigenvalue weighted by atomic mass is 16.7. The van der Waals surface area contributed by atoms with Crippen LogP contribution in [0.3, 0.4) is 0 Å². The van der Waals surface area contributed by atoms with E-state index < -0.39 is 15.9 Å². The maximum absolute atomic E-state index is 10.5. The Morgan fingerprint density at radius 2 is 2.11 bits per heavy atom. The van der Waals surface area contributed by atoms with E-state index in [0.717, 1.165) is 0 Å². The van der Waals surface area contributed by atoms with Crippen LogP contribution in [0.2, 0.25) is 0 Å². The highest BCUT2D eigenvalue weighted by molar-refractivity contribution is 5.83. The first kappa shape index (κ1) is 13.0. The van der Waals surface area contributed by atoms with Gasteiger partial charge in [-0.3, -0.25) is 10.1 Å². The monoisotopic (exact) mass is 252 g/mol. The Bertz CT molecular complexity index is 526. The zero-order valence-corrected chi connectivity index (χ0v) is 8.89. The largest absolute Gasteiger partial charge is 0.363 e. The highest BCUT2D eigenvalue weighted by Gasteiger charge is 2.03. The Kier molecular flexibility index (Phi) is 4.26. The summed E-state index contributed by atoms with van der Waals surface area (Å²) >= 11 is 0. The van der Waals surface area contributed by atoms with Gasteiger partial charge < -0.3 is 5.73 Å². The SMILES string of the molecule is N/C(=N/[N+](=O)[O-])N/N=C\c1cccc([N+](=O)[O-])c1. The van der Waals surface area contributed by atoms with E-state index in [0.29, 0.717) is 5.56 Å². The van der Waals surface area contributed by atoms with E-state index in [2.05, 4.69) is 15.6 Å². The number of benzene rings is 1. The van der Waals surface area contributed by atoms with Crippen LogP contribution in [0, 0.1) is 20.2 Å². The van der Waals surface area contributed by atoms with E-state index in [1.54, 1.807) is 6.07 Å². The molecule has 0 bridgehead atoms. The lowest BCUT2D eigenvalue weighted by atomic mass is 10.2. The molecular weight excluding hydrogens is 244 g/mol. The minimum absolute atomic E-state index is 0.0918. The first-order chi connectivity index (χ1) is 8.49. The average molecular weight is 252 g/mol. The van der Waals surface area contributed by atoms with E-state index in [1.807, 2.05) is 0 Å². The number of nitrogens with zero attached hydrogens (tertiary/aromatic N) is 4. The van der Waals surface area contributed by atoms with Crippen LogP contribution in [-0.2, 0) is 0 Å².